The van der Waals surface area contributed by atoms with Crippen LogP contribution in [-0.2, 0) is 16.1 Å². The van der Waals surface area contributed by atoms with Gasteiger partial charge in [-0.15, -0.1) is 0 Å². The average Bonchev–Trinajstić information content (AvgIpc) is 2.93. The second kappa shape index (κ2) is 7.34. The number of morpholine rings is 1. The standard InChI is InChI=1S/C16H21N5O2/c1-13-7-18-21(9-13)11-15-10-20(5-6-23-15)12-16(22)19-14-3-2-4-17-8-14/h2-4,7-9,15H,5-6,10-12H2,1H3,(H,19,22). The molecule has 23 heavy (non-hydrogen) atoms. The molecule has 1 amide bonds. The highest BCUT2D eigenvalue weighted by Crippen LogP contribution is 2.09. The summed E-state index contributed by atoms with van der Waals surface area (Å²) in [6.07, 6.45) is 7.20. The van der Waals surface area contributed by atoms with E-state index in [-0.39, 0.29) is 12.0 Å². The Morgan fingerprint density at radius 3 is 3.13 bits per heavy atom. The van der Waals surface area contributed by atoms with Crippen molar-refractivity contribution in [3.63, 3.8) is 0 Å². The summed E-state index contributed by atoms with van der Waals surface area (Å²) in [5.74, 6) is -0.0337. The molecule has 1 aliphatic rings. The summed E-state index contributed by atoms with van der Waals surface area (Å²) >= 11 is 0. The van der Waals surface area contributed by atoms with Crippen molar-refractivity contribution < 1.29 is 9.53 Å². The maximum atomic E-state index is 12.1. The molecular formula is C16H21N5O2. The van der Waals surface area contributed by atoms with Crippen molar-refractivity contribution >= 4 is 11.6 Å². The number of hydrogen-bond acceptors (Lipinski definition) is 5. The summed E-state index contributed by atoms with van der Waals surface area (Å²) in [6, 6.07) is 3.62. The quantitative estimate of drug-likeness (QED) is 0.888. The molecule has 1 unspecified atom stereocenters. The molecule has 0 aromatic carbocycles. The molecule has 0 spiro atoms. The van der Waals surface area contributed by atoms with E-state index in [0.717, 1.165) is 18.7 Å². The lowest BCUT2D eigenvalue weighted by atomic mass is 10.2. The number of anilines is 1. The van der Waals surface area contributed by atoms with Crippen molar-refractivity contribution in [3.8, 4) is 0 Å². The first-order valence-electron chi connectivity index (χ1n) is 7.72. The van der Waals surface area contributed by atoms with Crippen molar-refractivity contribution in [2.24, 2.45) is 0 Å². The van der Waals surface area contributed by atoms with Gasteiger partial charge in [-0.05, 0) is 24.6 Å². The first kappa shape index (κ1) is 15.6. The Bertz CT molecular complexity index is 643. The first-order valence-corrected chi connectivity index (χ1v) is 7.72. The van der Waals surface area contributed by atoms with Gasteiger partial charge in [0.05, 0.1) is 43.9 Å². The zero-order chi connectivity index (χ0) is 16.1. The topological polar surface area (TPSA) is 72.3 Å². The number of aromatic nitrogens is 3. The van der Waals surface area contributed by atoms with E-state index < -0.39 is 0 Å². The molecule has 1 aliphatic heterocycles. The van der Waals surface area contributed by atoms with E-state index in [1.807, 2.05) is 30.1 Å². The van der Waals surface area contributed by atoms with Gasteiger partial charge in [0, 0.05) is 25.5 Å². The monoisotopic (exact) mass is 315 g/mol. The second-order valence-corrected chi connectivity index (χ2v) is 5.76. The summed E-state index contributed by atoms with van der Waals surface area (Å²) < 4.78 is 7.67. The van der Waals surface area contributed by atoms with Crippen molar-refractivity contribution in [1.29, 1.82) is 0 Å². The van der Waals surface area contributed by atoms with Crippen LogP contribution >= 0.6 is 0 Å². The van der Waals surface area contributed by atoms with Gasteiger partial charge in [-0.2, -0.15) is 5.10 Å². The van der Waals surface area contributed by atoms with Crippen LogP contribution in [-0.4, -0.2) is 57.9 Å². The van der Waals surface area contributed by atoms with Gasteiger partial charge in [0.1, 0.15) is 0 Å². The number of aryl methyl sites for hydroxylation is 1. The minimum Gasteiger partial charge on any atom is -0.374 e. The summed E-state index contributed by atoms with van der Waals surface area (Å²) in [7, 11) is 0. The van der Waals surface area contributed by atoms with E-state index in [4.69, 9.17) is 4.74 Å². The third-order valence-electron chi connectivity index (χ3n) is 3.69. The van der Waals surface area contributed by atoms with E-state index in [1.165, 1.54) is 0 Å². The molecule has 1 fully saturated rings. The SMILES string of the molecule is Cc1cnn(CC2CN(CC(=O)Nc3cccnc3)CCO2)c1. The van der Waals surface area contributed by atoms with Crippen LogP contribution in [0, 0.1) is 6.92 Å². The molecule has 1 N–H and O–H groups in total. The minimum atomic E-state index is -0.0337. The van der Waals surface area contributed by atoms with Crippen molar-refractivity contribution in [1.82, 2.24) is 19.7 Å². The van der Waals surface area contributed by atoms with E-state index in [9.17, 15) is 4.79 Å². The predicted molar refractivity (Wildman–Crippen MR) is 86.0 cm³/mol. The van der Waals surface area contributed by atoms with Crippen molar-refractivity contribution in [2.75, 3.05) is 31.6 Å². The van der Waals surface area contributed by atoms with Gasteiger partial charge in [0.15, 0.2) is 0 Å². The van der Waals surface area contributed by atoms with Crippen LogP contribution in [0.2, 0.25) is 0 Å². The Labute approximate surface area is 135 Å². The van der Waals surface area contributed by atoms with Crippen LogP contribution in [0.5, 0.6) is 0 Å². The lowest BCUT2D eigenvalue weighted by Gasteiger charge is -2.32. The highest BCUT2D eigenvalue weighted by molar-refractivity contribution is 5.92. The smallest absolute Gasteiger partial charge is 0.238 e. The van der Waals surface area contributed by atoms with Crippen LogP contribution in [0.25, 0.3) is 0 Å². The summed E-state index contributed by atoms with van der Waals surface area (Å²) in [5, 5.41) is 7.14. The lowest BCUT2D eigenvalue weighted by Crippen LogP contribution is -2.47. The van der Waals surface area contributed by atoms with Crippen molar-refractivity contribution in [2.45, 2.75) is 19.6 Å². The number of amides is 1. The molecule has 1 saturated heterocycles. The maximum Gasteiger partial charge on any atom is 0.238 e. The van der Waals surface area contributed by atoms with Gasteiger partial charge in [0.25, 0.3) is 0 Å². The number of rotatable bonds is 5. The number of nitrogens with zero attached hydrogens (tertiary/aromatic N) is 4. The highest BCUT2D eigenvalue weighted by atomic mass is 16.5. The zero-order valence-electron chi connectivity index (χ0n) is 13.2. The van der Waals surface area contributed by atoms with Gasteiger partial charge >= 0.3 is 0 Å². The van der Waals surface area contributed by atoms with E-state index in [0.29, 0.717) is 25.4 Å². The third kappa shape index (κ3) is 4.61. The Balaban J connectivity index is 1.49. The van der Waals surface area contributed by atoms with Crippen LogP contribution in [0.4, 0.5) is 5.69 Å². The molecule has 7 heteroatoms. The van der Waals surface area contributed by atoms with Gasteiger partial charge in [-0.3, -0.25) is 19.4 Å². The number of hydrogen-bond donors (Lipinski definition) is 1. The molecule has 3 rings (SSSR count). The molecular weight excluding hydrogens is 294 g/mol. The molecule has 2 aromatic rings. The highest BCUT2D eigenvalue weighted by Gasteiger charge is 2.22. The molecule has 0 aliphatic carbocycles. The Morgan fingerprint density at radius 2 is 2.39 bits per heavy atom. The summed E-state index contributed by atoms with van der Waals surface area (Å²) in [4.78, 5) is 18.2. The number of ether oxygens (including phenoxy) is 1. The van der Waals surface area contributed by atoms with Crippen LogP contribution in [0.3, 0.4) is 0 Å². The fourth-order valence-corrected chi connectivity index (χ4v) is 2.65. The van der Waals surface area contributed by atoms with Crippen LogP contribution < -0.4 is 5.32 Å². The Kier molecular flexibility index (Phi) is 4.99. The van der Waals surface area contributed by atoms with Gasteiger partial charge in [0.2, 0.25) is 5.91 Å². The van der Waals surface area contributed by atoms with E-state index >= 15 is 0 Å². The van der Waals surface area contributed by atoms with Crippen molar-refractivity contribution in [3.05, 3.63) is 42.5 Å². The van der Waals surface area contributed by atoms with E-state index in [1.54, 1.807) is 18.5 Å². The number of carbonyl (C=O) groups is 1. The third-order valence-corrected chi connectivity index (χ3v) is 3.69. The number of nitrogens with one attached hydrogen (secondary N) is 1. The molecule has 122 valence electrons. The average molecular weight is 315 g/mol. The Morgan fingerprint density at radius 1 is 1.48 bits per heavy atom. The van der Waals surface area contributed by atoms with Crippen LogP contribution in [0.1, 0.15) is 5.56 Å². The number of pyridine rings is 1. The zero-order valence-corrected chi connectivity index (χ0v) is 13.2. The fraction of sp³-hybridized carbons (Fsp3) is 0.438. The molecule has 0 saturated carbocycles. The molecule has 1 atom stereocenters. The molecule has 7 nitrogen and oxygen atoms in total. The Hall–Kier alpha value is -2.25. The van der Waals surface area contributed by atoms with Gasteiger partial charge < -0.3 is 10.1 Å². The first-order chi connectivity index (χ1) is 11.2. The molecule has 0 radical (unpaired) electrons. The van der Waals surface area contributed by atoms with Crippen LogP contribution in [0.15, 0.2) is 36.9 Å². The van der Waals surface area contributed by atoms with Gasteiger partial charge in [-0.25, -0.2) is 0 Å². The number of carbonyl (C=O) groups excluding carboxylic acids is 1. The molecule has 2 aromatic heterocycles. The fourth-order valence-electron chi connectivity index (χ4n) is 2.65. The summed E-state index contributed by atoms with van der Waals surface area (Å²) in [6.45, 7) is 5.18. The second-order valence-electron chi connectivity index (χ2n) is 5.76. The minimum absolute atomic E-state index is 0.0337. The molecule has 0 bridgehead atoms. The lowest BCUT2D eigenvalue weighted by molar-refractivity contribution is -0.119. The normalized spacial score (nSPS) is 18.7. The summed E-state index contributed by atoms with van der Waals surface area (Å²) in [5.41, 5.74) is 1.85. The largest absolute Gasteiger partial charge is 0.374 e. The van der Waals surface area contributed by atoms with E-state index in [2.05, 4.69) is 20.3 Å². The van der Waals surface area contributed by atoms with Gasteiger partial charge in [-0.1, -0.05) is 0 Å². The maximum absolute atomic E-state index is 12.1. The predicted octanol–water partition coefficient (Wildman–Crippen LogP) is 0.926. The molecule has 3 heterocycles.